The van der Waals surface area contributed by atoms with Crippen molar-refractivity contribution in [2.24, 2.45) is 0 Å². The Morgan fingerprint density at radius 2 is 2.42 bits per heavy atom. The number of hydrogen-bond acceptors (Lipinski definition) is 5. The highest BCUT2D eigenvalue weighted by molar-refractivity contribution is 7.13. The van der Waals surface area contributed by atoms with Crippen molar-refractivity contribution >= 4 is 22.4 Å². The Morgan fingerprint density at radius 3 is 3.12 bits per heavy atom. The molecule has 0 N–H and O–H groups in total. The minimum Gasteiger partial charge on any atom is -0.374 e. The third-order valence-corrected chi connectivity index (χ3v) is 4.72. The van der Waals surface area contributed by atoms with Crippen LogP contribution >= 0.6 is 11.3 Å². The van der Waals surface area contributed by atoms with Gasteiger partial charge in [-0.1, -0.05) is 12.1 Å². The first-order valence-corrected chi connectivity index (χ1v) is 8.74. The molecule has 3 rings (SSSR count). The second kappa shape index (κ2) is 7.83. The summed E-state index contributed by atoms with van der Waals surface area (Å²) in [7, 11) is 2.04. The topological polar surface area (TPSA) is 45.7 Å². The molecule has 1 fully saturated rings. The standard InChI is InChI=1S/C17H20FN3O2S/c1-20-6-7-23-15(11-20)12-21(17-19-5-8-24-17)16(22)10-13-3-2-4-14(18)9-13/h2-5,8-9,15H,6-7,10-12H2,1H3/t15-/m0/s1. The molecule has 1 aromatic carbocycles. The van der Waals surface area contributed by atoms with Gasteiger partial charge in [0.05, 0.1) is 25.7 Å². The van der Waals surface area contributed by atoms with Crippen LogP contribution < -0.4 is 4.90 Å². The predicted octanol–water partition coefficient (Wildman–Crippen LogP) is 2.19. The van der Waals surface area contributed by atoms with Gasteiger partial charge in [-0.15, -0.1) is 11.3 Å². The molecule has 0 saturated carbocycles. The van der Waals surface area contributed by atoms with Crippen molar-refractivity contribution in [3.05, 3.63) is 47.2 Å². The quantitative estimate of drug-likeness (QED) is 0.830. The third kappa shape index (κ3) is 4.37. The van der Waals surface area contributed by atoms with Crippen LogP contribution in [0.2, 0.25) is 0 Å². The van der Waals surface area contributed by atoms with Gasteiger partial charge in [0.25, 0.3) is 0 Å². The lowest BCUT2D eigenvalue weighted by molar-refractivity contribution is -0.118. The summed E-state index contributed by atoms with van der Waals surface area (Å²) in [4.78, 5) is 20.9. The fourth-order valence-corrected chi connectivity index (χ4v) is 3.40. The van der Waals surface area contributed by atoms with E-state index in [1.807, 2.05) is 12.4 Å². The molecule has 5 nitrogen and oxygen atoms in total. The Balaban J connectivity index is 1.73. The number of carbonyl (C=O) groups excluding carboxylic acids is 1. The SMILES string of the molecule is CN1CCO[C@H](CN(C(=O)Cc2cccc(F)c2)c2nccs2)C1. The summed E-state index contributed by atoms with van der Waals surface area (Å²) in [6, 6.07) is 6.14. The maximum Gasteiger partial charge on any atom is 0.233 e. The second-order valence-corrected chi connectivity index (χ2v) is 6.75. The van der Waals surface area contributed by atoms with Crippen LogP contribution in [0.1, 0.15) is 5.56 Å². The number of carbonyl (C=O) groups is 1. The van der Waals surface area contributed by atoms with E-state index in [2.05, 4.69) is 9.88 Å². The Kier molecular flexibility index (Phi) is 5.55. The highest BCUT2D eigenvalue weighted by Crippen LogP contribution is 2.20. The number of thiazole rings is 1. The minimum absolute atomic E-state index is 0.0518. The molecule has 0 spiro atoms. The van der Waals surface area contributed by atoms with E-state index in [9.17, 15) is 9.18 Å². The lowest BCUT2D eigenvalue weighted by Gasteiger charge is -2.33. The Bertz CT molecular complexity index is 680. The van der Waals surface area contributed by atoms with Gasteiger partial charge >= 0.3 is 0 Å². The van der Waals surface area contributed by atoms with E-state index in [-0.39, 0.29) is 24.2 Å². The zero-order chi connectivity index (χ0) is 16.9. The number of aromatic nitrogens is 1. The Hall–Kier alpha value is -1.83. The van der Waals surface area contributed by atoms with E-state index in [1.54, 1.807) is 23.2 Å². The molecule has 0 bridgehead atoms. The molecular weight excluding hydrogens is 329 g/mol. The number of amides is 1. The molecule has 0 radical (unpaired) electrons. The average Bonchev–Trinajstić information content (AvgIpc) is 3.06. The number of nitrogens with zero attached hydrogens (tertiary/aromatic N) is 3. The van der Waals surface area contributed by atoms with Crippen molar-refractivity contribution < 1.29 is 13.9 Å². The van der Waals surface area contributed by atoms with Crippen LogP contribution in [0.3, 0.4) is 0 Å². The van der Waals surface area contributed by atoms with Crippen LogP contribution in [0.5, 0.6) is 0 Å². The lowest BCUT2D eigenvalue weighted by Crippen LogP contribution is -2.48. The molecule has 2 aromatic rings. The number of halogens is 1. The van der Waals surface area contributed by atoms with Crippen molar-refractivity contribution in [2.75, 3.05) is 38.2 Å². The first-order chi connectivity index (χ1) is 11.6. The maximum absolute atomic E-state index is 13.3. The van der Waals surface area contributed by atoms with Gasteiger partial charge in [0, 0.05) is 24.7 Å². The lowest BCUT2D eigenvalue weighted by atomic mass is 10.1. The number of rotatable bonds is 5. The molecule has 1 saturated heterocycles. The molecule has 128 valence electrons. The summed E-state index contributed by atoms with van der Waals surface area (Å²) in [6.07, 6.45) is 1.76. The van der Waals surface area contributed by atoms with Gasteiger partial charge in [0.1, 0.15) is 5.82 Å². The highest BCUT2D eigenvalue weighted by atomic mass is 32.1. The molecular formula is C17H20FN3O2S. The van der Waals surface area contributed by atoms with Crippen LogP contribution in [0.25, 0.3) is 0 Å². The van der Waals surface area contributed by atoms with Crippen molar-refractivity contribution in [3.8, 4) is 0 Å². The molecule has 24 heavy (non-hydrogen) atoms. The number of morpholine rings is 1. The molecule has 1 aliphatic rings. The van der Waals surface area contributed by atoms with Gasteiger partial charge in [-0.3, -0.25) is 9.69 Å². The second-order valence-electron chi connectivity index (χ2n) is 5.88. The van der Waals surface area contributed by atoms with E-state index in [4.69, 9.17) is 4.74 Å². The summed E-state index contributed by atoms with van der Waals surface area (Å²) in [5.41, 5.74) is 0.656. The summed E-state index contributed by atoms with van der Waals surface area (Å²) in [5, 5.41) is 2.49. The van der Waals surface area contributed by atoms with Crippen molar-refractivity contribution in [2.45, 2.75) is 12.5 Å². The van der Waals surface area contributed by atoms with E-state index in [1.165, 1.54) is 23.5 Å². The molecule has 2 heterocycles. The highest BCUT2D eigenvalue weighted by Gasteiger charge is 2.26. The normalized spacial score (nSPS) is 18.5. The molecule has 1 amide bonds. The third-order valence-electron chi connectivity index (χ3n) is 3.92. The number of ether oxygens (including phenoxy) is 1. The molecule has 0 unspecified atom stereocenters. The fourth-order valence-electron chi connectivity index (χ4n) is 2.73. The fraction of sp³-hybridized carbons (Fsp3) is 0.412. The molecule has 1 aliphatic heterocycles. The largest absolute Gasteiger partial charge is 0.374 e. The molecule has 7 heteroatoms. The van der Waals surface area contributed by atoms with Gasteiger partial charge in [0.15, 0.2) is 5.13 Å². The number of likely N-dealkylation sites (N-methyl/N-ethyl adjacent to an activating group) is 1. The first kappa shape index (κ1) is 17.0. The Labute approximate surface area is 144 Å². The monoisotopic (exact) mass is 349 g/mol. The van der Waals surface area contributed by atoms with Crippen LogP contribution in [0.4, 0.5) is 9.52 Å². The van der Waals surface area contributed by atoms with Crippen LogP contribution in [-0.4, -0.2) is 55.2 Å². The van der Waals surface area contributed by atoms with Crippen molar-refractivity contribution in [1.82, 2.24) is 9.88 Å². The van der Waals surface area contributed by atoms with Crippen LogP contribution in [0, 0.1) is 5.82 Å². The van der Waals surface area contributed by atoms with Crippen molar-refractivity contribution in [3.63, 3.8) is 0 Å². The van der Waals surface area contributed by atoms with Gasteiger partial charge in [-0.05, 0) is 24.7 Å². The van der Waals surface area contributed by atoms with Gasteiger partial charge in [-0.25, -0.2) is 9.37 Å². The van der Waals surface area contributed by atoms with Gasteiger partial charge in [-0.2, -0.15) is 0 Å². The summed E-state index contributed by atoms with van der Waals surface area (Å²) in [5.74, 6) is -0.439. The zero-order valence-electron chi connectivity index (χ0n) is 13.5. The van der Waals surface area contributed by atoms with Gasteiger partial charge < -0.3 is 9.64 Å². The number of hydrogen-bond donors (Lipinski definition) is 0. The number of benzene rings is 1. The van der Waals surface area contributed by atoms with Gasteiger partial charge in [0.2, 0.25) is 5.91 Å². The smallest absolute Gasteiger partial charge is 0.233 e. The van der Waals surface area contributed by atoms with E-state index in [0.29, 0.717) is 23.8 Å². The number of anilines is 1. The summed E-state index contributed by atoms with van der Waals surface area (Å²) >= 11 is 1.41. The maximum atomic E-state index is 13.3. The zero-order valence-corrected chi connectivity index (χ0v) is 14.3. The van der Waals surface area contributed by atoms with Crippen LogP contribution in [0.15, 0.2) is 35.8 Å². The summed E-state index contributed by atoms with van der Waals surface area (Å²) < 4.78 is 19.1. The van der Waals surface area contributed by atoms with E-state index in [0.717, 1.165) is 13.1 Å². The first-order valence-electron chi connectivity index (χ1n) is 7.86. The Morgan fingerprint density at radius 1 is 1.54 bits per heavy atom. The van der Waals surface area contributed by atoms with E-state index >= 15 is 0 Å². The minimum atomic E-state index is -0.335. The predicted molar refractivity (Wildman–Crippen MR) is 91.8 cm³/mol. The van der Waals surface area contributed by atoms with Crippen molar-refractivity contribution in [1.29, 1.82) is 0 Å². The molecule has 1 aromatic heterocycles. The summed E-state index contributed by atoms with van der Waals surface area (Å²) in [6.45, 7) is 2.77. The van der Waals surface area contributed by atoms with Crippen LogP contribution in [-0.2, 0) is 16.0 Å². The van der Waals surface area contributed by atoms with E-state index < -0.39 is 0 Å². The molecule has 1 atom stereocenters. The molecule has 0 aliphatic carbocycles. The average molecular weight is 349 g/mol.